The highest BCUT2D eigenvalue weighted by atomic mass is 16.2. The van der Waals surface area contributed by atoms with Crippen LogP contribution >= 0.6 is 0 Å². The van der Waals surface area contributed by atoms with Crippen molar-refractivity contribution < 1.29 is 4.79 Å². The Kier molecular flexibility index (Phi) is 3.30. The Balaban J connectivity index is 1.75. The molecule has 4 heteroatoms. The van der Waals surface area contributed by atoms with Gasteiger partial charge in [-0.05, 0) is 43.2 Å². The van der Waals surface area contributed by atoms with Crippen molar-refractivity contribution in [1.82, 2.24) is 10.3 Å². The van der Waals surface area contributed by atoms with Gasteiger partial charge in [-0.1, -0.05) is 18.2 Å². The fourth-order valence-corrected chi connectivity index (χ4v) is 2.42. The Morgan fingerprint density at radius 1 is 1.40 bits per heavy atom. The van der Waals surface area contributed by atoms with Gasteiger partial charge in [-0.15, -0.1) is 0 Å². The van der Waals surface area contributed by atoms with E-state index in [0.29, 0.717) is 13.0 Å². The minimum absolute atomic E-state index is 0.0625. The highest BCUT2D eigenvalue weighted by molar-refractivity contribution is 5.82. The molecule has 104 valence electrons. The van der Waals surface area contributed by atoms with Crippen molar-refractivity contribution in [2.45, 2.75) is 26.2 Å². The van der Waals surface area contributed by atoms with Crippen LogP contribution < -0.4 is 10.9 Å². The molecule has 3 rings (SSSR count). The Morgan fingerprint density at radius 3 is 2.95 bits per heavy atom. The van der Waals surface area contributed by atoms with Crippen LogP contribution in [0.2, 0.25) is 0 Å². The molecule has 4 nitrogen and oxygen atoms in total. The summed E-state index contributed by atoms with van der Waals surface area (Å²) in [6.45, 7) is 2.50. The Bertz CT molecular complexity index is 714. The lowest BCUT2D eigenvalue weighted by Gasteiger charge is -2.06. The van der Waals surface area contributed by atoms with Crippen LogP contribution in [0.3, 0.4) is 0 Å². The normalized spacial score (nSPS) is 14.4. The number of hydrogen-bond donors (Lipinski definition) is 2. The summed E-state index contributed by atoms with van der Waals surface area (Å²) in [7, 11) is 0. The van der Waals surface area contributed by atoms with E-state index in [0.717, 1.165) is 34.9 Å². The molecule has 1 aliphatic carbocycles. The highest BCUT2D eigenvalue weighted by Gasteiger charge is 2.29. The Hall–Kier alpha value is -2.10. The number of carbonyl (C=O) groups excluding carboxylic acids is 1. The quantitative estimate of drug-likeness (QED) is 0.891. The fraction of sp³-hybridized carbons (Fsp3) is 0.375. The van der Waals surface area contributed by atoms with Gasteiger partial charge in [-0.2, -0.15) is 0 Å². The van der Waals surface area contributed by atoms with E-state index in [4.69, 9.17) is 0 Å². The summed E-state index contributed by atoms with van der Waals surface area (Å²) in [6.07, 6.45) is 2.57. The predicted octanol–water partition coefficient (Wildman–Crippen LogP) is 1.91. The number of aromatic amines is 1. The smallest absolute Gasteiger partial charge is 0.251 e. The van der Waals surface area contributed by atoms with Crippen LogP contribution in [0.25, 0.3) is 10.9 Å². The van der Waals surface area contributed by atoms with Gasteiger partial charge >= 0.3 is 0 Å². The number of amides is 1. The first kappa shape index (κ1) is 12.9. The maximum Gasteiger partial charge on any atom is 0.251 e. The Labute approximate surface area is 117 Å². The van der Waals surface area contributed by atoms with E-state index in [1.807, 2.05) is 31.2 Å². The molecule has 0 bridgehead atoms. The van der Waals surface area contributed by atoms with Crippen LogP contribution in [-0.4, -0.2) is 17.4 Å². The molecule has 1 aromatic heterocycles. The molecule has 0 spiro atoms. The molecule has 0 unspecified atom stereocenters. The van der Waals surface area contributed by atoms with E-state index < -0.39 is 0 Å². The molecule has 1 aromatic carbocycles. The van der Waals surface area contributed by atoms with E-state index in [1.54, 1.807) is 0 Å². The topological polar surface area (TPSA) is 62.0 Å². The summed E-state index contributed by atoms with van der Waals surface area (Å²) in [4.78, 5) is 26.5. The second-order valence-electron chi connectivity index (χ2n) is 5.48. The zero-order chi connectivity index (χ0) is 14.1. The van der Waals surface area contributed by atoms with Crippen LogP contribution in [0.4, 0.5) is 0 Å². The minimum atomic E-state index is -0.0625. The molecule has 0 aliphatic heterocycles. The van der Waals surface area contributed by atoms with Crippen molar-refractivity contribution in [3.05, 3.63) is 45.7 Å². The summed E-state index contributed by atoms with van der Waals surface area (Å²) < 4.78 is 0. The van der Waals surface area contributed by atoms with Crippen LogP contribution in [0.15, 0.2) is 29.1 Å². The summed E-state index contributed by atoms with van der Waals surface area (Å²) in [5.74, 6) is 0.339. The van der Waals surface area contributed by atoms with E-state index in [1.165, 1.54) is 0 Å². The average molecular weight is 270 g/mol. The van der Waals surface area contributed by atoms with Gasteiger partial charge in [-0.25, -0.2) is 0 Å². The number of H-pyrrole nitrogens is 1. The lowest BCUT2D eigenvalue weighted by atomic mass is 10.1. The summed E-state index contributed by atoms with van der Waals surface area (Å²) in [5, 5.41) is 3.92. The zero-order valence-electron chi connectivity index (χ0n) is 11.5. The number of fused-ring (bicyclic) bond motifs is 1. The number of benzene rings is 1. The second-order valence-corrected chi connectivity index (χ2v) is 5.48. The number of hydrogen-bond acceptors (Lipinski definition) is 2. The van der Waals surface area contributed by atoms with Crippen LogP contribution in [0, 0.1) is 12.8 Å². The first-order valence-electron chi connectivity index (χ1n) is 7.04. The molecule has 1 fully saturated rings. The third-order valence-corrected chi connectivity index (χ3v) is 3.81. The lowest BCUT2D eigenvalue weighted by Crippen LogP contribution is -2.28. The molecular weight excluding hydrogens is 252 g/mol. The SMILES string of the molecule is Cc1cccc2cc(CCNC(=O)C3CC3)c(=O)[nH]c12. The van der Waals surface area contributed by atoms with Gasteiger partial charge in [0.05, 0.1) is 5.52 Å². The third kappa shape index (κ3) is 2.59. The monoisotopic (exact) mass is 270 g/mol. The number of pyridine rings is 1. The van der Waals surface area contributed by atoms with E-state index in [9.17, 15) is 9.59 Å². The van der Waals surface area contributed by atoms with Gasteiger partial charge < -0.3 is 10.3 Å². The number of para-hydroxylation sites is 1. The van der Waals surface area contributed by atoms with Crippen molar-refractivity contribution in [2.24, 2.45) is 5.92 Å². The fourth-order valence-electron chi connectivity index (χ4n) is 2.42. The van der Waals surface area contributed by atoms with E-state index in [2.05, 4.69) is 10.3 Å². The van der Waals surface area contributed by atoms with Gasteiger partial charge in [0.25, 0.3) is 5.56 Å². The second kappa shape index (κ2) is 5.12. The minimum Gasteiger partial charge on any atom is -0.356 e. The molecule has 1 saturated carbocycles. The largest absolute Gasteiger partial charge is 0.356 e. The van der Waals surface area contributed by atoms with Crippen molar-refractivity contribution in [2.75, 3.05) is 6.54 Å². The number of carbonyl (C=O) groups is 1. The number of aryl methyl sites for hydroxylation is 1. The average Bonchev–Trinajstić information content (AvgIpc) is 3.25. The van der Waals surface area contributed by atoms with Crippen molar-refractivity contribution in [3.63, 3.8) is 0 Å². The van der Waals surface area contributed by atoms with E-state index in [-0.39, 0.29) is 17.4 Å². The van der Waals surface area contributed by atoms with Gasteiger partial charge in [0, 0.05) is 18.0 Å². The van der Waals surface area contributed by atoms with Crippen molar-refractivity contribution >= 4 is 16.8 Å². The van der Waals surface area contributed by atoms with Crippen molar-refractivity contribution in [1.29, 1.82) is 0 Å². The zero-order valence-corrected chi connectivity index (χ0v) is 11.5. The lowest BCUT2D eigenvalue weighted by molar-refractivity contribution is -0.122. The first-order valence-corrected chi connectivity index (χ1v) is 7.04. The molecule has 0 atom stereocenters. The summed E-state index contributed by atoms with van der Waals surface area (Å²) in [5.41, 5.74) is 2.61. The summed E-state index contributed by atoms with van der Waals surface area (Å²) >= 11 is 0. The third-order valence-electron chi connectivity index (χ3n) is 3.81. The first-order chi connectivity index (χ1) is 9.65. The maximum absolute atomic E-state index is 12.0. The maximum atomic E-state index is 12.0. The van der Waals surface area contributed by atoms with Gasteiger partial charge in [-0.3, -0.25) is 9.59 Å². The van der Waals surface area contributed by atoms with Crippen LogP contribution in [0.1, 0.15) is 24.0 Å². The number of nitrogens with one attached hydrogen (secondary N) is 2. The molecule has 1 aliphatic rings. The molecule has 0 radical (unpaired) electrons. The molecular formula is C16H18N2O2. The summed E-state index contributed by atoms with van der Waals surface area (Å²) in [6, 6.07) is 7.87. The molecule has 2 N–H and O–H groups in total. The standard InChI is InChI=1S/C16H18N2O2/c1-10-3-2-4-12-9-13(16(20)18-14(10)12)7-8-17-15(19)11-5-6-11/h2-4,9,11H,5-8H2,1H3,(H,17,19)(H,18,20). The molecule has 20 heavy (non-hydrogen) atoms. The molecule has 1 heterocycles. The van der Waals surface area contributed by atoms with Gasteiger partial charge in [0.15, 0.2) is 0 Å². The van der Waals surface area contributed by atoms with Gasteiger partial charge in [0.2, 0.25) is 5.91 Å². The predicted molar refractivity (Wildman–Crippen MR) is 78.7 cm³/mol. The van der Waals surface area contributed by atoms with Crippen molar-refractivity contribution in [3.8, 4) is 0 Å². The highest BCUT2D eigenvalue weighted by Crippen LogP contribution is 2.28. The van der Waals surface area contributed by atoms with Crippen LogP contribution in [0.5, 0.6) is 0 Å². The Morgan fingerprint density at radius 2 is 2.20 bits per heavy atom. The van der Waals surface area contributed by atoms with Gasteiger partial charge in [0.1, 0.15) is 0 Å². The molecule has 2 aromatic rings. The molecule has 0 saturated heterocycles. The van der Waals surface area contributed by atoms with E-state index >= 15 is 0 Å². The van der Waals surface area contributed by atoms with Crippen LogP contribution in [-0.2, 0) is 11.2 Å². The number of aromatic nitrogens is 1. The number of rotatable bonds is 4. The molecule has 1 amide bonds.